The standard InChI is InChI=1S/C14H17N3O4/c1-8(16-14(15)21)12(18)17-6-2-3-9-7-10(13(19)20)4-5-11(9)17/h4-5,7-8H,2-3,6H2,1H3,(H,19,20)(H3,15,16,21). The predicted molar refractivity (Wildman–Crippen MR) is 76.3 cm³/mol. The number of carbonyl (C=O) groups excluding carboxylic acids is 2. The molecule has 0 bridgehead atoms. The molecule has 1 aromatic carbocycles. The number of carboxylic acid groups (broad SMARTS) is 1. The van der Waals surface area contributed by atoms with Crippen LogP contribution in [0.1, 0.15) is 29.3 Å². The van der Waals surface area contributed by atoms with Crippen molar-refractivity contribution in [3.63, 3.8) is 0 Å². The monoisotopic (exact) mass is 291 g/mol. The number of fused-ring (bicyclic) bond motifs is 1. The molecular weight excluding hydrogens is 274 g/mol. The third-order valence-electron chi connectivity index (χ3n) is 3.44. The Hall–Kier alpha value is -2.57. The van der Waals surface area contributed by atoms with Crippen molar-refractivity contribution in [2.75, 3.05) is 11.4 Å². The molecule has 0 saturated carbocycles. The Labute approximate surface area is 121 Å². The molecule has 7 heteroatoms. The third-order valence-corrected chi connectivity index (χ3v) is 3.44. The van der Waals surface area contributed by atoms with Crippen molar-refractivity contribution in [1.82, 2.24) is 5.32 Å². The molecule has 0 radical (unpaired) electrons. The Morgan fingerprint density at radius 1 is 1.38 bits per heavy atom. The van der Waals surface area contributed by atoms with Gasteiger partial charge < -0.3 is 21.1 Å². The number of aryl methyl sites for hydroxylation is 1. The second kappa shape index (κ2) is 5.82. The van der Waals surface area contributed by atoms with Crippen LogP contribution in [0.15, 0.2) is 18.2 Å². The quantitative estimate of drug-likeness (QED) is 0.761. The van der Waals surface area contributed by atoms with E-state index in [4.69, 9.17) is 10.8 Å². The highest BCUT2D eigenvalue weighted by Gasteiger charge is 2.27. The van der Waals surface area contributed by atoms with E-state index < -0.39 is 18.0 Å². The van der Waals surface area contributed by atoms with Crippen LogP contribution >= 0.6 is 0 Å². The number of hydrogen-bond donors (Lipinski definition) is 3. The maximum atomic E-state index is 12.4. The molecule has 0 saturated heterocycles. The zero-order chi connectivity index (χ0) is 15.6. The highest BCUT2D eigenvalue weighted by Crippen LogP contribution is 2.28. The van der Waals surface area contributed by atoms with E-state index in [1.54, 1.807) is 24.0 Å². The maximum Gasteiger partial charge on any atom is 0.335 e. The van der Waals surface area contributed by atoms with Crippen molar-refractivity contribution >= 4 is 23.6 Å². The molecule has 4 N–H and O–H groups in total. The average Bonchev–Trinajstić information content (AvgIpc) is 2.44. The number of nitrogens with one attached hydrogen (secondary N) is 1. The van der Waals surface area contributed by atoms with Crippen molar-refractivity contribution in [3.8, 4) is 0 Å². The van der Waals surface area contributed by atoms with Crippen LogP contribution < -0.4 is 16.0 Å². The lowest BCUT2D eigenvalue weighted by Gasteiger charge is -2.31. The highest BCUT2D eigenvalue weighted by atomic mass is 16.4. The summed E-state index contributed by atoms with van der Waals surface area (Å²) in [7, 11) is 0. The Balaban J connectivity index is 2.27. The largest absolute Gasteiger partial charge is 0.478 e. The molecule has 2 rings (SSSR count). The Kier molecular flexibility index (Phi) is 4.11. The summed E-state index contributed by atoms with van der Waals surface area (Å²) in [4.78, 5) is 35.7. The summed E-state index contributed by atoms with van der Waals surface area (Å²) in [5.74, 6) is -1.26. The lowest BCUT2D eigenvalue weighted by molar-refractivity contribution is -0.120. The van der Waals surface area contributed by atoms with E-state index in [1.807, 2.05) is 0 Å². The summed E-state index contributed by atoms with van der Waals surface area (Å²) in [5, 5.41) is 11.4. The number of nitrogens with two attached hydrogens (primary N) is 1. The van der Waals surface area contributed by atoms with Crippen molar-refractivity contribution in [2.24, 2.45) is 5.73 Å². The van der Waals surface area contributed by atoms with Crippen LogP contribution in [0.2, 0.25) is 0 Å². The molecule has 21 heavy (non-hydrogen) atoms. The number of aromatic carboxylic acids is 1. The number of primary amides is 1. The molecule has 0 aliphatic carbocycles. The average molecular weight is 291 g/mol. The minimum absolute atomic E-state index is 0.200. The number of hydrogen-bond acceptors (Lipinski definition) is 3. The SMILES string of the molecule is CC(NC(N)=O)C(=O)N1CCCc2cc(C(=O)O)ccc21. The fourth-order valence-electron chi connectivity index (χ4n) is 2.47. The number of carbonyl (C=O) groups is 3. The molecule has 112 valence electrons. The van der Waals surface area contributed by atoms with Gasteiger partial charge in [0, 0.05) is 12.2 Å². The van der Waals surface area contributed by atoms with Gasteiger partial charge in [-0.25, -0.2) is 9.59 Å². The van der Waals surface area contributed by atoms with Gasteiger partial charge in [0.2, 0.25) is 5.91 Å². The number of nitrogens with zero attached hydrogens (tertiary/aromatic N) is 1. The molecule has 0 aromatic heterocycles. The fourth-order valence-corrected chi connectivity index (χ4v) is 2.47. The van der Waals surface area contributed by atoms with Gasteiger partial charge in [-0.05, 0) is 43.5 Å². The van der Waals surface area contributed by atoms with E-state index >= 15 is 0 Å². The molecule has 0 fully saturated rings. The number of rotatable bonds is 3. The predicted octanol–water partition coefficient (Wildman–Crippen LogP) is 0.721. The van der Waals surface area contributed by atoms with Crippen LogP contribution in [-0.2, 0) is 11.2 Å². The summed E-state index contributed by atoms with van der Waals surface area (Å²) >= 11 is 0. The summed E-state index contributed by atoms with van der Waals surface area (Å²) in [5.41, 5.74) is 6.73. The first-order valence-electron chi connectivity index (χ1n) is 6.63. The summed E-state index contributed by atoms with van der Waals surface area (Å²) in [6.45, 7) is 2.09. The number of anilines is 1. The van der Waals surface area contributed by atoms with Gasteiger partial charge in [0.15, 0.2) is 0 Å². The third kappa shape index (κ3) is 3.13. The van der Waals surface area contributed by atoms with Gasteiger partial charge in [-0.2, -0.15) is 0 Å². The van der Waals surface area contributed by atoms with Crippen molar-refractivity contribution in [3.05, 3.63) is 29.3 Å². The van der Waals surface area contributed by atoms with Crippen LogP contribution in [0.3, 0.4) is 0 Å². The van der Waals surface area contributed by atoms with E-state index in [9.17, 15) is 14.4 Å². The minimum Gasteiger partial charge on any atom is -0.478 e. The van der Waals surface area contributed by atoms with Gasteiger partial charge in [-0.3, -0.25) is 4.79 Å². The smallest absolute Gasteiger partial charge is 0.335 e. The zero-order valence-electron chi connectivity index (χ0n) is 11.6. The van der Waals surface area contributed by atoms with E-state index in [0.717, 1.165) is 18.4 Å². The van der Waals surface area contributed by atoms with Gasteiger partial charge in [0.05, 0.1) is 5.56 Å². The van der Waals surface area contributed by atoms with Crippen molar-refractivity contribution in [1.29, 1.82) is 0 Å². The van der Waals surface area contributed by atoms with Gasteiger partial charge in [0.1, 0.15) is 6.04 Å². The summed E-state index contributed by atoms with van der Waals surface area (Å²) in [6.07, 6.45) is 1.46. The van der Waals surface area contributed by atoms with Crippen LogP contribution in [0.25, 0.3) is 0 Å². The van der Waals surface area contributed by atoms with E-state index in [2.05, 4.69) is 5.32 Å². The molecule has 1 atom stereocenters. The highest BCUT2D eigenvalue weighted by molar-refractivity contribution is 6.00. The second-order valence-electron chi connectivity index (χ2n) is 4.97. The van der Waals surface area contributed by atoms with Gasteiger partial charge >= 0.3 is 12.0 Å². The summed E-state index contributed by atoms with van der Waals surface area (Å²) < 4.78 is 0. The van der Waals surface area contributed by atoms with E-state index in [1.165, 1.54) is 6.07 Å². The summed E-state index contributed by atoms with van der Waals surface area (Å²) in [6, 6.07) is 3.21. The zero-order valence-corrected chi connectivity index (χ0v) is 11.6. The second-order valence-corrected chi connectivity index (χ2v) is 4.97. The first kappa shape index (κ1) is 14.8. The van der Waals surface area contributed by atoms with Gasteiger partial charge in [-0.1, -0.05) is 0 Å². The number of carboxylic acids is 1. The van der Waals surface area contributed by atoms with E-state index in [0.29, 0.717) is 12.2 Å². The molecule has 1 aliphatic heterocycles. The molecule has 3 amide bonds. The Morgan fingerprint density at radius 2 is 2.10 bits per heavy atom. The molecular formula is C14H17N3O4. The normalized spacial score (nSPS) is 15.0. The topological polar surface area (TPSA) is 113 Å². The van der Waals surface area contributed by atoms with Gasteiger partial charge in [0.25, 0.3) is 0 Å². The number of amides is 3. The number of benzene rings is 1. The number of urea groups is 1. The maximum absolute atomic E-state index is 12.4. The van der Waals surface area contributed by atoms with Crippen LogP contribution in [0, 0.1) is 0 Å². The van der Waals surface area contributed by atoms with Gasteiger partial charge in [-0.15, -0.1) is 0 Å². The Bertz CT molecular complexity index is 600. The lowest BCUT2D eigenvalue weighted by Crippen LogP contribution is -2.50. The molecule has 0 spiro atoms. The van der Waals surface area contributed by atoms with Crippen LogP contribution in [0.4, 0.5) is 10.5 Å². The molecule has 1 aromatic rings. The molecule has 7 nitrogen and oxygen atoms in total. The van der Waals surface area contributed by atoms with Crippen molar-refractivity contribution < 1.29 is 19.5 Å². The molecule has 1 aliphatic rings. The van der Waals surface area contributed by atoms with E-state index in [-0.39, 0.29) is 11.5 Å². The van der Waals surface area contributed by atoms with Crippen molar-refractivity contribution in [2.45, 2.75) is 25.8 Å². The van der Waals surface area contributed by atoms with Crippen LogP contribution in [0.5, 0.6) is 0 Å². The first-order chi connectivity index (χ1) is 9.90. The lowest BCUT2D eigenvalue weighted by atomic mass is 9.98. The molecule has 1 unspecified atom stereocenters. The Morgan fingerprint density at radius 3 is 2.71 bits per heavy atom. The molecule has 1 heterocycles. The fraction of sp³-hybridized carbons (Fsp3) is 0.357. The van der Waals surface area contributed by atoms with Crippen LogP contribution in [-0.4, -0.2) is 35.6 Å². The first-order valence-corrected chi connectivity index (χ1v) is 6.63. The minimum atomic E-state index is -0.995.